The zero-order valence-electron chi connectivity index (χ0n) is 10.2. The lowest BCUT2D eigenvalue weighted by atomic mass is 9.99. The van der Waals surface area contributed by atoms with Gasteiger partial charge in [0.05, 0.1) is 0 Å². The van der Waals surface area contributed by atoms with E-state index >= 15 is 0 Å². The maximum atomic E-state index is 11.7. The van der Waals surface area contributed by atoms with Crippen molar-refractivity contribution in [2.45, 2.75) is 38.6 Å². The van der Waals surface area contributed by atoms with Crippen LogP contribution < -0.4 is 11.2 Å². The molecule has 0 aromatic carbocycles. The van der Waals surface area contributed by atoms with E-state index in [0.717, 1.165) is 31.9 Å². The van der Waals surface area contributed by atoms with E-state index in [-0.39, 0.29) is 11.6 Å². The molecule has 1 heterocycles. The van der Waals surface area contributed by atoms with Crippen molar-refractivity contribution in [3.05, 3.63) is 32.6 Å². The summed E-state index contributed by atoms with van der Waals surface area (Å²) in [5.41, 5.74) is -1.77. The average Bonchev–Trinajstić information content (AvgIpc) is 2.81. The molecule has 0 amide bonds. The smallest absolute Gasteiger partial charge is 0.342 e. The molecule has 0 spiro atoms. The largest absolute Gasteiger partial charge is 0.477 e. The van der Waals surface area contributed by atoms with Gasteiger partial charge < -0.3 is 5.11 Å². The highest BCUT2D eigenvalue weighted by molar-refractivity contribution is 5.86. The predicted octanol–water partition coefficient (Wildman–Crippen LogP) is 0.986. The third-order valence-electron chi connectivity index (χ3n) is 3.72. The van der Waals surface area contributed by atoms with Crippen molar-refractivity contribution in [1.82, 2.24) is 9.55 Å². The van der Waals surface area contributed by atoms with Crippen LogP contribution in [0.15, 0.2) is 15.8 Å². The van der Waals surface area contributed by atoms with Gasteiger partial charge in [0, 0.05) is 12.2 Å². The van der Waals surface area contributed by atoms with Crippen molar-refractivity contribution in [2.75, 3.05) is 0 Å². The van der Waals surface area contributed by atoms with Gasteiger partial charge in [-0.3, -0.25) is 14.3 Å². The molecule has 1 aliphatic rings. The molecule has 98 valence electrons. The van der Waals surface area contributed by atoms with E-state index in [1.165, 1.54) is 4.57 Å². The molecule has 18 heavy (non-hydrogen) atoms. The van der Waals surface area contributed by atoms with Gasteiger partial charge >= 0.3 is 11.7 Å². The Balaban J connectivity index is 2.43. The normalized spacial score (nSPS) is 17.8. The highest BCUT2D eigenvalue weighted by atomic mass is 16.4. The van der Waals surface area contributed by atoms with Gasteiger partial charge in [0.2, 0.25) is 0 Å². The Hall–Kier alpha value is -1.85. The number of carboxylic acid groups (broad SMARTS) is 1. The molecule has 1 aromatic rings. The summed E-state index contributed by atoms with van der Waals surface area (Å²) < 4.78 is 1.33. The molecule has 1 aromatic heterocycles. The lowest BCUT2D eigenvalue weighted by Crippen LogP contribution is -2.36. The first-order valence-electron chi connectivity index (χ1n) is 6.09. The van der Waals surface area contributed by atoms with Gasteiger partial charge in [-0.05, 0) is 25.7 Å². The van der Waals surface area contributed by atoms with E-state index in [1.807, 2.05) is 6.92 Å². The summed E-state index contributed by atoms with van der Waals surface area (Å²) in [5, 5.41) is 8.89. The van der Waals surface area contributed by atoms with Crippen LogP contribution in [0.4, 0.5) is 0 Å². The molecule has 1 saturated carbocycles. The van der Waals surface area contributed by atoms with Gasteiger partial charge in [0.15, 0.2) is 0 Å². The first kappa shape index (κ1) is 12.6. The number of carbonyl (C=O) groups is 1. The summed E-state index contributed by atoms with van der Waals surface area (Å²) in [6.07, 6.45) is 5.51. The van der Waals surface area contributed by atoms with Crippen LogP contribution in [0.2, 0.25) is 0 Å². The second-order valence-electron chi connectivity index (χ2n) is 4.80. The maximum absolute atomic E-state index is 11.7. The summed E-state index contributed by atoms with van der Waals surface area (Å²) in [7, 11) is 0. The second-order valence-corrected chi connectivity index (χ2v) is 4.80. The summed E-state index contributed by atoms with van der Waals surface area (Å²) in [6.45, 7) is 1.89. The number of aromatic carboxylic acids is 1. The molecule has 0 radical (unpaired) electrons. The van der Waals surface area contributed by atoms with E-state index in [9.17, 15) is 14.4 Å². The third-order valence-corrected chi connectivity index (χ3v) is 3.72. The standard InChI is InChI=1S/C12H16N2O4/c1-7(8-4-2-3-5-8)14-6-9(11(16)17)10(15)13-12(14)18/h6-8H,2-5H2,1H3,(H,16,17)(H,13,15,18). The number of nitrogens with zero attached hydrogens (tertiary/aromatic N) is 1. The van der Waals surface area contributed by atoms with Crippen LogP contribution in [-0.2, 0) is 0 Å². The van der Waals surface area contributed by atoms with E-state index in [1.54, 1.807) is 0 Å². The molecule has 1 unspecified atom stereocenters. The van der Waals surface area contributed by atoms with E-state index in [2.05, 4.69) is 4.98 Å². The van der Waals surface area contributed by atoms with Gasteiger partial charge in [0.25, 0.3) is 5.56 Å². The van der Waals surface area contributed by atoms with Gasteiger partial charge in [-0.2, -0.15) is 0 Å². The molecule has 2 N–H and O–H groups in total. The maximum Gasteiger partial charge on any atom is 0.342 e. The van der Waals surface area contributed by atoms with Crippen molar-refractivity contribution in [1.29, 1.82) is 0 Å². The molecule has 1 fully saturated rings. The molecule has 6 nitrogen and oxygen atoms in total. The molecule has 0 bridgehead atoms. The van der Waals surface area contributed by atoms with Crippen molar-refractivity contribution in [3.8, 4) is 0 Å². The summed E-state index contributed by atoms with van der Waals surface area (Å²) >= 11 is 0. The Morgan fingerprint density at radius 1 is 1.44 bits per heavy atom. The molecular weight excluding hydrogens is 236 g/mol. The van der Waals surface area contributed by atoms with Gasteiger partial charge in [0.1, 0.15) is 5.56 Å². The molecule has 2 rings (SSSR count). The van der Waals surface area contributed by atoms with Crippen LogP contribution in [-0.4, -0.2) is 20.6 Å². The zero-order chi connectivity index (χ0) is 13.3. The predicted molar refractivity (Wildman–Crippen MR) is 65.0 cm³/mol. The molecule has 1 aliphatic carbocycles. The topological polar surface area (TPSA) is 92.2 Å². The van der Waals surface area contributed by atoms with E-state index < -0.39 is 17.2 Å². The Morgan fingerprint density at radius 3 is 2.61 bits per heavy atom. The number of hydrogen-bond acceptors (Lipinski definition) is 3. The third kappa shape index (κ3) is 2.23. The summed E-state index contributed by atoms with van der Waals surface area (Å²) in [6, 6.07) is -0.0880. The Morgan fingerprint density at radius 2 is 2.06 bits per heavy atom. The molecule has 1 atom stereocenters. The van der Waals surface area contributed by atoms with Crippen molar-refractivity contribution in [2.24, 2.45) is 5.92 Å². The van der Waals surface area contributed by atoms with Crippen LogP contribution in [0.1, 0.15) is 49.0 Å². The van der Waals surface area contributed by atoms with Crippen LogP contribution >= 0.6 is 0 Å². The van der Waals surface area contributed by atoms with E-state index in [4.69, 9.17) is 5.11 Å². The van der Waals surface area contributed by atoms with Crippen molar-refractivity contribution < 1.29 is 9.90 Å². The van der Waals surface area contributed by atoms with Gasteiger partial charge in [-0.1, -0.05) is 12.8 Å². The highest BCUT2D eigenvalue weighted by Crippen LogP contribution is 2.33. The Labute approximate surface area is 103 Å². The number of aromatic nitrogens is 2. The number of aromatic amines is 1. The second kappa shape index (κ2) is 4.80. The summed E-state index contributed by atoms with van der Waals surface area (Å²) in [4.78, 5) is 36.0. The van der Waals surface area contributed by atoms with Gasteiger partial charge in [-0.15, -0.1) is 0 Å². The van der Waals surface area contributed by atoms with Gasteiger partial charge in [-0.25, -0.2) is 9.59 Å². The minimum Gasteiger partial charge on any atom is -0.477 e. The fourth-order valence-corrected chi connectivity index (χ4v) is 2.61. The number of rotatable bonds is 3. The molecular formula is C12H16N2O4. The number of H-pyrrole nitrogens is 1. The van der Waals surface area contributed by atoms with Crippen LogP contribution in [0, 0.1) is 5.92 Å². The monoisotopic (exact) mass is 252 g/mol. The summed E-state index contributed by atoms with van der Waals surface area (Å²) in [5.74, 6) is -0.945. The first-order chi connectivity index (χ1) is 8.50. The number of hydrogen-bond donors (Lipinski definition) is 2. The quantitative estimate of drug-likeness (QED) is 0.838. The minimum absolute atomic E-state index is 0.0880. The van der Waals surface area contributed by atoms with E-state index in [0.29, 0.717) is 5.92 Å². The molecule has 6 heteroatoms. The average molecular weight is 252 g/mol. The first-order valence-corrected chi connectivity index (χ1v) is 6.09. The SMILES string of the molecule is CC(C1CCCC1)n1cc(C(=O)O)c(=O)[nH]c1=O. The van der Waals surface area contributed by atoms with Crippen LogP contribution in [0.3, 0.4) is 0 Å². The zero-order valence-corrected chi connectivity index (χ0v) is 10.2. The highest BCUT2D eigenvalue weighted by Gasteiger charge is 2.24. The lowest BCUT2D eigenvalue weighted by Gasteiger charge is -2.21. The number of carboxylic acids is 1. The minimum atomic E-state index is -1.32. The number of nitrogens with one attached hydrogen (secondary N) is 1. The Bertz CT molecular complexity index is 566. The lowest BCUT2D eigenvalue weighted by molar-refractivity contribution is 0.0693. The van der Waals surface area contributed by atoms with Crippen LogP contribution in [0.5, 0.6) is 0 Å². The van der Waals surface area contributed by atoms with Crippen molar-refractivity contribution >= 4 is 5.97 Å². The molecule has 0 saturated heterocycles. The van der Waals surface area contributed by atoms with Crippen LogP contribution in [0.25, 0.3) is 0 Å². The Kier molecular flexibility index (Phi) is 3.36. The molecule has 0 aliphatic heterocycles. The van der Waals surface area contributed by atoms with Crippen molar-refractivity contribution in [3.63, 3.8) is 0 Å². The fourth-order valence-electron chi connectivity index (χ4n) is 2.61. The fraction of sp³-hybridized carbons (Fsp3) is 0.583.